The standard InChI is InChI=1S/C29H28OP/c1-21-13-11-18-24-27(21)30-28-25(29(24,2)3)19-12-20-26(28)31(4,22-14-7-5-8-15-22)23-16-9-6-10-17-23/h5-20H,1-4H3/q+1. The predicted molar refractivity (Wildman–Crippen MR) is 134 cm³/mol. The highest BCUT2D eigenvalue weighted by Crippen LogP contribution is 2.57. The van der Waals surface area contributed by atoms with Crippen LogP contribution in [0.5, 0.6) is 11.5 Å². The van der Waals surface area contributed by atoms with Crippen molar-refractivity contribution in [2.45, 2.75) is 26.2 Å². The van der Waals surface area contributed by atoms with Crippen molar-refractivity contribution in [1.29, 1.82) is 0 Å². The Morgan fingerprint density at radius 1 is 0.613 bits per heavy atom. The molecule has 1 heterocycles. The van der Waals surface area contributed by atoms with Crippen LogP contribution in [0.15, 0.2) is 97.1 Å². The van der Waals surface area contributed by atoms with E-state index in [4.69, 9.17) is 4.74 Å². The molecule has 0 aliphatic carbocycles. The number of ether oxygens (including phenoxy) is 1. The molecule has 0 spiro atoms. The molecule has 0 unspecified atom stereocenters. The Balaban J connectivity index is 1.82. The molecule has 0 fully saturated rings. The Bertz CT molecular complexity index is 1200. The Hall–Kier alpha value is -2.89. The van der Waals surface area contributed by atoms with Gasteiger partial charge in [0.1, 0.15) is 28.9 Å². The van der Waals surface area contributed by atoms with Gasteiger partial charge in [0.2, 0.25) is 0 Å². The fraction of sp³-hybridized carbons (Fsp3) is 0.172. The monoisotopic (exact) mass is 423 g/mol. The first kappa shape index (κ1) is 20.0. The highest BCUT2D eigenvalue weighted by molar-refractivity contribution is 7.95. The van der Waals surface area contributed by atoms with E-state index >= 15 is 0 Å². The predicted octanol–water partition coefficient (Wildman–Crippen LogP) is 6.35. The molecule has 0 bridgehead atoms. The highest BCUT2D eigenvalue weighted by atomic mass is 31.2. The van der Waals surface area contributed by atoms with Crippen LogP contribution in [-0.2, 0) is 5.41 Å². The molecule has 0 atom stereocenters. The van der Waals surface area contributed by atoms with Crippen LogP contribution in [0, 0.1) is 6.92 Å². The van der Waals surface area contributed by atoms with Crippen LogP contribution < -0.4 is 20.7 Å². The van der Waals surface area contributed by atoms with E-state index in [1.165, 1.54) is 32.6 Å². The number of hydrogen-bond donors (Lipinski definition) is 0. The van der Waals surface area contributed by atoms with Gasteiger partial charge >= 0.3 is 0 Å². The lowest BCUT2D eigenvalue weighted by molar-refractivity contribution is 0.418. The van der Waals surface area contributed by atoms with E-state index in [1.807, 2.05) is 0 Å². The van der Waals surface area contributed by atoms with Gasteiger partial charge in [0, 0.05) is 16.5 Å². The van der Waals surface area contributed by atoms with Crippen LogP contribution in [0.2, 0.25) is 0 Å². The average molecular weight is 424 g/mol. The molecule has 0 saturated heterocycles. The molecule has 1 aliphatic heterocycles. The van der Waals surface area contributed by atoms with Crippen molar-refractivity contribution in [3.8, 4) is 11.5 Å². The van der Waals surface area contributed by atoms with E-state index in [1.54, 1.807) is 0 Å². The minimum Gasteiger partial charge on any atom is -0.452 e. The summed E-state index contributed by atoms with van der Waals surface area (Å²) in [5.41, 5.74) is 3.59. The number of fused-ring (bicyclic) bond motifs is 2. The number of rotatable bonds is 3. The highest BCUT2D eigenvalue weighted by Gasteiger charge is 2.46. The summed E-state index contributed by atoms with van der Waals surface area (Å²) in [6.07, 6.45) is 0. The number of benzene rings is 4. The summed E-state index contributed by atoms with van der Waals surface area (Å²) in [6, 6.07) is 35.1. The molecule has 5 rings (SSSR count). The second kappa shape index (κ2) is 7.36. The second-order valence-electron chi connectivity index (χ2n) is 9.01. The lowest BCUT2D eigenvalue weighted by Gasteiger charge is -2.37. The zero-order chi connectivity index (χ0) is 21.6. The van der Waals surface area contributed by atoms with Crippen molar-refractivity contribution in [2.75, 3.05) is 6.66 Å². The molecule has 1 nitrogen and oxygen atoms in total. The molecular formula is C29H28OP+. The first-order chi connectivity index (χ1) is 14.9. The largest absolute Gasteiger partial charge is 0.452 e. The summed E-state index contributed by atoms with van der Waals surface area (Å²) < 4.78 is 6.79. The van der Waals surface area contributed by atoms with Crippen molar-refractivity contribution in [2.24, 2.45) is 0 Å². The molecule has 154 valence electrons. The van der Waals surface area contributed by atoms with Gasteiger partial charge in [-0.25, -0.2) is 0 Å². The van der Waals surface area contributed by atoms with E-state index in [0.29, 0.717) is 0 Å². The maximum Gasteiger partial charge on any atom is 0.174 e. The van der Waals surface area contributed by atoms with Crippen molar-refractivity contribution >= 4 is 23.2 Å². The molecule has 2 heteroatoms. The summed E-state index contributed by atoms with van der Waals surface area (Å²) in [4.78, 5) is 0. The Labute approximate surface area is 186 Å². The summed E-state index contributed by atoms with van der Waals surface area (Å²) in [5, 5.41) is 4.04. The Morgan fingerprint density at radius 3 is 1.71 bits per heavy atom. The third-order valence-electron chi connectivity index (χ3n) is 6.78. The minimum absolute atomic E-state index is 0.122. The molecular weight excluding hydrogens is 395 g/mol. The Kier molecular flexibility index (Phi) is 4.76. The van der Waals surface area contributed by atoms with Crippen LogP contribution in [-0.4, -0.2) is 6.66 Å². The van der Waals surface area contributed by atoms with Crippen LogP contribution in [0.1, 0.15) is 30.5 Å². The molecule has 0 saturated carbocycles. The normalized spacial score (nSPS) is 14.3. The zero-order valence-corrected chi connectivity index (χ0v) is 19.5. The molecule has 4 aromatic rings. The van der Waals surface area contributed by atoms with Gasteiger partial charge in [-0.15, -0.1) is 0 Å². The topological polar surface area (TPSA) is 9.23 Å². The van der Waals surface area contributed by atoms with Crippen molar-refractivity contribution in [3.05, 3.63) is 114 Å². The van der Waals surface area contributed by atoms with Gasteiger partial charge in [0.25, 0.3) is 0 Å². The maximum atomic E-state index is 6.79. The van der Waals surface area contributed by atoms with Gasteiger partial charge in [-0.1, -0.05) is 80.6 Å². The second-order valence-corrected chi connectivity index (χ2v) is 12.5. The third-order valence-corrected chi connectivity index (χ3v) is 10.8. The fourth-order valence-corrected chi connectivity index (χ4v) is 8.23. The Morgan fingerprint density at radius 2 is 1.13 bits per heavy atom. The van der Waals surface area contributed by atoms with Gasteiger partial charge in [-0.3, -0.25) is 0 Å². The molecule has 0 amide bonds. The summed E-state index contributed by atoms with van der Waals surface area (Å²) in [5.74, 6) is 2.05. The maximum absolute atomic E-state index is 6.79. The van der Waals surface area contributed by atoms with Gasteiger partial charge < -0.3 is 4.74 Å². The van der Waals surface area contributed by atoms with E-state index in [9.17, 15) is 0 Å². The third kappa shape index (κ3) is 3.03. The van der Waals surface area contributed by atoms with Crippen LogP contribution in [0.3, 0.4) is 0 Å². The molecule has 31 heavy (non-hydrogen) atoms. The SMILES string of the molecule is Cc1cccc2c1Oc1c(cccc1[P+](C)(c1ccccc1)c1ccccc1)C2(C)C. The fourth-order valence-electron chi connectivity index (χ4n) is 4.88. The van der Waals surface area contributed by atoms with E-state index in [0.717, 1.165) is 11.5 Å². The quantitative estimate of drug-likeness (QED) is 0.349. The van der Waals surface area contributed by atoms with Crippen molar-refractivity contribution in [1.82, 2.24) is 0 Å². The summed E-state index contributed by atoms with van der Waals surface area (Å²) in [7, 11) is -1.90. The molecule has 4 aromatic carbocycles. The van der Waals surface area contributed by atoms with Gasteiger partial charge in [-0.2, -0.15) is 0 Å². The molecule has 1 aliphatic rings. The average Bonchev–Trinajstić information content (AvgIpc) is 2.80. The summed E-state index contributed by atoms with van der Waals surface area (Å²) in [6.45, 7) is 9.21. The van der Waals surface area contributed by atoms with Gasteiger partial charge in [-0.05, 0) is 42.8 Å². The molecule has 0 aromatic heterocycles. The zero-order valence-electron chi connectivity index (χ0n) is 18.6. The molecule has 0 radical (unpaired) electrons. The number of para-hydroxylation sites is 2. The van der Waals surface area contributed by atoms with Crippen molar-refractivity contribution in [3.63, 3.8) is 0 Å². The van der Waals surface area contributed by atoms with Crippen LogP contribution in [0.4, 0.5) is 0 Å². The number of aryl methyl sites for hydroxylation is 1. The smallest absolute Gasteiger partial charge is 0.174 e. The van der Waals surface area contributed by atoms with E-state index < -0.39 is 7.26 Å². The summed E-state index contributed by atoms with van der Waals surface area (Å²) >= 11 is 0. The minimum atomic E-state index is -1.90. The van der Waals surface area contributed by atoms with E-state index in [2.05, 4.69) is 124 Å². The van der Waals surface area contributed by atoms with Crippen LogP contribution in [0.25, 0.3) is 0 Å². The lowest BCUT2D eigenvalue weighted by atomic mass is 9.75. The van der Waals surface area contributed by atoms with Crippen molar-refractivity contribution < 1.29 is 4.74 Å². The van der Waals surface area contributed by atoms with E-state index in [-0.39, 0.29) is 5.41 Å². The lowest BCUT2D eigenvalue weighted by Crippen LogP contribution is -2.34. The number of hydrogen-bond acceptors (Lipinski definition) is 1. The van der Waals surface area contributed by atoms with Gasteiger partial charge in [0.15, 0.2) is 5.75 Å². The van der Waals surface area contributed by atoms with Crippen LogP contribution >= 0.6 is 7.26 Å². The first-order valence-corrected chi connectivity index (χ1v) is 13.1. The first-order valence-electron chi connectivity index (χ1n) is 10.8. The molecule has 0 N–H and O–H groups in total. The van der Waals surface area contributed by atoms with Gasteiger partial charge in [0.05, 0.1) is 6.66 Å².